The van der Waals surface area contributed by atoms with Crippen LogP contribution in [0, 0.1) is 5.82 Å². The highest BCUT2D eigenvalue weighted by atomic mass is 32.1. The van der Waals surface area contributed by atoms with Crippen LogP contribution in [0.25, 0.3) is 0 Å². The molecule has 3 aromatic rings. The van der Waals surface area contributed by atoms with Crippen molar-refractivity contribution in [3.63, 3.8) is 0 Å². The molecule has 2 aromatic carbocycles. The third kappa shape index (κ3) is 4.90. The summed E-state index contributed by atoms with van der Waals surface area (Å²) in [6.45, 7) is 0.838. The monoisotopic (exact) mass is 355 g/mol. The summed E-state index contributed by atoms with van der Waals surface area (Å²) in [7, 11) is 0. The van der Waals surface area contributed by atoms with Crippen LogP contribution < -0.4 is 0 Å². The van der Waals surface area contributed by atoms with Gasteiger partial charge in [0.1, 0.15) is 11.6 Å². The minimum atomic E-state index is -0.293. The summed E-state index contributed by atoms with van der Waals surface area (Å²) in [5, 5.41) is 13.3. The second kappa shape index (κ2) is 7.94. The van der Waals surface area contributed by atoms with Gasteiger partial charge in [-0.1, -0.05) is 24.3 Å². The van der Waals surface area contributed by atoms with E-state index in [0.29, 0.717) is 19.5 Å². The third-order valence-corrected chi connectivity index (χ3v) is 4.62. The van der Waals surface area contributed by atoms with Crippen molar-refractivity contribution >= 4 is 17.2 Å². The Hall–Kier alpha value is -2.66. The molecule has 0 aliphatic carbocycles. The summed E-state index contributed by atoms with van der Waals surface area (Å²) in [4.78, 5) is 14.5. The number of thiophene rings is 1. The van der Waals surface area contributed by atoms with Gasteiger partial charge < -0.3 is 10.0 Å². The fourth-order valence-electron chi connectivity index (χ4n) is 2.54. The smallest absolute Gasteiger partial charge is 0.227 e. The van der Waals surface area contributed by atoms with Crippen molar-refractivity contribution < 1.29 is 14.3 Å². The van der Waals surface area contributed by atoms with Crippen LogP contribution in [-0.2, 0) is 24.3 Å². The molecule has 0 unspecified atom stereocenters. The predicted octanol–water partition coefficient (Wildman–Crippen LogP) is 4.36. The number of hydrogen-bond donors (Lipinski definition) is 1. The predicted molar refractivity (Wildman–Crippen MR) is 96.8 cm³/mol. The maximum Gasteiger partial charge on any atom is 0.227 e. The topological polar surface area (TPSA) is 40.5 Å². The molecule has 0 aliphatic rings. The molecule has 1 amide bonds. The highest BCUT2D eigenvalue weighted by molar-refractivity contribution is 7.08. The molecule has 0 radical (unpaired) electrons. The summed E-state index contributed by atoms with van der Waals surface area (Å²) in [6.07, 6.45) is 0.336. The first-order valence-corrected chi connectivity index (χ1v) is 8.85. The summed E-state index contributed by atoms with van der Waals surface area (Å²) in [6, 6.07) is 14.9. The molecular weight excluding hydrogens is 337 g/mol. The number of benzene rings is 2. The first-order valence-electron chi connectivity index (χ1n) is 7.91. The van der Waals surface area contributed by atoms with Gasteiger partial charge in [0.2, 0.25) is 5.91 Å². The Balaban J connectivity index is 1.77. The van der Waals surface area contributed by atoms with Crippen molar-refractivity contribution in [2.45, 2.75) is 19.5 Å². The second-order valence-electron chi connectivity index (χ2n) is 5.85. The first-order chi connectivity index (χ1) is 12.1. The van der Waals surface area contributed by atoms with Crippen molar-refractivity contribution in [1.82, 2.24) is 4.90 Å². The summed E-state index contributed by atoms with van der Waals surface area (Å²) < 4.78 is 13.1. The molecular formula is C20H18FNO2S. The minimum absolute atomic E-state index is 0.0100. The van der Waals surface area contributed by atoms with Gasteiger partial charge >= 0.3 is 0 Å². The van der Waals surface area contributed by atoms with E-state index in [2.05, 4.69) is 0 Å². The molecule has 0 saturated heterocycles. The normalized spacial score (nSPS) is 10.6. The number of halogens is 1. The molecule has 25 heavy (non-hydrogen) atoms. The quantitative estimate of drug-likeness (QED) is 0.713. The number of carbonyl (C=O) groups excluding carboxylic acids is 1. The highest BCUT2D eigenvalue weighted by Crippen LogP contribution is 2.16. The number of aromatic hydroxyl groups is 1. The Morgan fingerprint density at radius 2 is 1.52 bits per heavy atom. The third-order valence-electron chi connectivity index (χ3n) is 3.88. The van der Waals surface area contributed by atoms with E-state index in [1.807, 2.05) is 16.8 Å². The molecule has 1 aromatic heterocycles. The zero-order chi connectivity index (χ0) is 17.6. The molecule has 0 atom stereocenters. The fraction of sp³-hybridized carbons (Fsp3) is 0.150. The number of amides is 1. The van der Waals surface area contributed by atoms with Crippen LogP contribution in [0.2, 0.25) is 0 Å². The van der Waals surface area contributed by atoms with Crippen LogP contribution in [0.4, 0.5) is 4.39 Å². The summed E-state index contributed by atoms with van der Waals surface area (Å²) >= 11 is 1.56. The second-order valence-corrected chi connectivity index (χ2v) is 6.63. The van der Waals surface area contributed by atoms with Gasteiger partial charge in [0.15, 0.2) is 0 Å². The number of hydrogen-bond acceptors (Lipinski definition) is 3. The summed E-state index contributed by atoms with van der Waals surface area (Å²) in [5.74, 6) is -0.0901. The largest absolute Gasteiger partial charge is 0.508 e. The van der Waals surface area contributed by atoms with Gasteiger partial charge in [-0.2, -0.15) is 11.3 Å². The zero-order valence-electron chi connectivity index (χ0n) is 13.6. The molecule has 0 aliphatic heterocycles. The SMILES string of the molecule is O=C(Cc1ccsc1)N(Cc1ccc(O)cc1)Cc1ccc(F)cc1. The van der Waals surface area contributed by atoms with Gasteiger partial charge in [0, 0.05) is 13.1 Å². The molecule has 1 heterocycles. The van der Waals surface area contributed by atoms with E-state index in [9.17, 15) is 14.3 Å². The van der Waals surface area contributed by atoms with Gasteiger partial charge in [0.25, 0.3) is 0 Å². The Morgan fingerprint density at radius 3 is 2.08 bits per heavy atom. The van der Waals surface area contributed by atoms with E-state index in [1.165, 1.54) is 12.1 Å². The minimum Gasteiger partial charge on any atom is -0.508 e. The van der Waals surface area contributed by atoms with Crippen molar-refractivity contribution in [2.75, 3.05) is 0 Å². The first kappa shape index (κ1) is 17.2. The van der Waals surface area contributed by atoms with Crippen LogP contribution in [-0.4, -0.2) is 15.9 Å². The lowest BCUT2D eigenvalue weighted by Crippen LogP contribution is -2.31. The molecule has 0 spiro atoms. The van der Waals surface area contributed by atoms with Crippen molar-refractivity contribution in [3.05, 3.63) is 87.9 Å². The van der Waals surface area contributed by atoms with Crippen molar-refractivity contribution in [3.8, 4) is 5.75 Å². The molecule has 3 nitrogen and oxygen atoms in total. The molecule has 0 bridgehead atoms. The van der Waals surface area contributed by atoms with Gasteiger partial charge in [-0.15, -0.1) is 0 Å². The van der Waals surface area contributed by atoms with E-state index >= 15 is 0 Å². The summed E-state index contributed by atoms with van der Waals surface area (Å²) in [5.41, 5.74) is 2.79. The van der Waals surface area contributed by atoms with Gasteiger partial charge in [-0.3, -0.25) is 4.79 Å². The average molecular weight is 355 g/mol. The lowest BCUT2D eigenvalue weighted by atomic mass is 10.1. The highest BCUT2D eigenvalue weighted by Gasteiger charge is 2.16. The van der Waals surface area contributed by atoms with Crippen LogP contribution in [0.15, 0.2) is 65.4 Å². The Kier molecular flexibility index (Phi) is 5.46. The Morgan fingerprint density at radius 1 is 0.920 bits per heavy atom. The zero-order valence-corrected chi connectivity index (χ0v) is 14.4. The lowest BCUT2D eigenvalue weighted by molar-refractivity contribution is -0.131. The molecule has 1 N–H and O–H groups in total. The van der Waals surface area contributed by atoms with Crippen LogP contribution in [0.1, 0.15) is 16.7 Å². The van der Waals surface area contributed by atoms with Crippen molar-refractivity contribution in [2.24, 2.45) is 0 Å². The molecule has 5 heteroatoms. The van der Waals surface area contributed by atoms with Gasteiger partial charge in [0.05, 0.1) is 6.42 Å². The van der Waals surface area contributed by atoms with E-state index < -0.39 is 0 Å². The van der Waals surface area contributed by atoms with E-state index in [0.717, 1.165) is 16.7 Å². The van der Waals surface area contributed by atoms with Crippen LogP contribution >= 0.6 is 11.3 Å². The maximum atomic E-state index is 13.1. The van der Waals surface area contributed by atoms with Crippen LogP contribution in [0.5, 0.6) is 5.75 Å². The molecule has 3 rings (SSSR count). The molecule has 128 valence electrons. The van der Waals surface area contributed by atoms with Gasteiger partial charge in [-0.05, 0) is 57.8 Å². The van der Waals surface area contributed by atoms with E-state index in [-0.39, 0.29) is 17.5 Å². The number of nitrogens with zero attached hydrogens (tertiary/aromatic N) is 1. The van der Waals surface area contributed by atoms with Gasteiger partial charge in [-0.25, -0.2) is 4.39 Å². The molecule has 0 fully saturated rings. The Bertz CT molecular complexity index is 766. The molecule has 0 saturated carbocycles. The van der Waals surface area contributed by atoms with E-state index in [1.54, 1.807) is 52.6 Å². The fourth-order valence-corrected chi connectivity index (χ4v) is 3.21. The standard InChI is InChI=1S/C20H18FNO2S/c21-18-5-1-15(2-6-18)12-22(13-16-3-7-19(23)8-4-16)20(24)11-17-9-10-25-14-17/h1-10,14,23H,11-13H2. The number of phenolic OH excluding ortho intramolecular Hbond substituents is 1. The Labute approximate surface area is 150 Å². The van der Waals surface area contributed by atoms with Crippen LogP contribution in [0.3, 0.4) is 0 Å². The van der Waals surface area contributed by atoms with Crippen molar-refractivity contribution in [1.29, 1.82) is 0 Å². The number of carbonyl (C=O) groups is 1. The number of phenols is 1. The van der Waals surface area contributed by atoms with E-state index in [4.69, 9.17) is 0 Å². The lowest BCUT2D eigenvalue weighted by Gasteiger charge is -2.23. The maximum absolute atomic E-state index is 13.1. The number of rotatable bonds is 6. The average Bonchev–Trinajstić information content (AvgIpc) is 3.11.